The van der Waals surface area contributed by atoms with Gasteiger partial charge in [-0.15, -0.1) is 0 Å². The fraction of sp³-hybridized carbons (Fsp3) is 0.619. The van der Waals surface area contributed by atoms with Crippen molar-refractivity contribution in [1.29, 1.82) is 0 Å². The molecule has 0 spiro atoms. The number of rotatable bonds is 2. The van der Waals surface area contributed by atoms with Crippen molar-refractivity contribution in [2.24, 2.45) is 5.92 Å². The van der Waals surface area contributed by atoms with Crippen LogP contribution in [0.2, 0.25) is 0 Å². The van der Waals surface area contributed by atoms with Gasteiger partial charge in [0, 0.05) is 48.9 Å². The molecule has 2 aliphatic rings. The van der Waals surface area contributed by atoms with E-state index in [9.17, 15) is 5.11 Å². The van der Waals surface area contributed by atoms with Crippen LogP contribution in [0.1, 0.15) is 38.3 Å². The first-order chi connectivity index (χ1) is 11.8. The Kier molecular flexibility index (Phi) is 3.80. The van der Waals surface area contributed by atoms with Crippen molar-refractivity contribution in [3.63, 3.8) is 0 Å². The fourth-order valence-electron chi connectivity index (χ4n) is 5.22. The van der Waals surface area contributed by atoms with Gasteiger partial charge >= 0.3 is 0 Å². The quantitative estimate of drug-likeness (QED) is 0.911. The molecule has 1 unspecified atom stereocenters. The average Bonchev–Trinajstić information content (AvgIpc) is 2.96. The molecule has 4 nitrogen and oxygen atoms in total. The maximum atomic E-state index is 9.82. The number of hydrogen-bond acceptors (Lipinski definition) is 3. The second-order valence-corrected chi connectivity index (χ2v) is 8.90. The third kappa shape index (κ3) is 2.31. The largest absolute Gasteiger partial charge is 0.396 e. The van der Waals surface area contributed by atoms with Crippen LogP contribution in [0.3, 0.4) is 0 Å². The monoisotopic (exact) mass is 342 g/mol. The Labute approximate surface area is 150 Å². The molecule has 1 aromatic heterocycles. The predicted octanol–water partition coefficient (Wildman–Crippen LogP) is 3.11. The van der Waals surface area contributed by atoms with Gasteiger partial charge in [-0.05, 0) is 63.8 Å². The van der Waals surface area contributed by atoms with Gasteiger partial charge in [-0.2, -0.15) is 0 Å². The molecule has 0 radical (unpaired) electrons. The molecule has 1 aliphatic heterocycles. The second-order valence-electron chi connectivity index (χ2n) is 8.90. The normalized spacial score (nSPS) is 29.8. The van der Waals surface area contributed by atoms with Gasteiger partial charge in [0.25, 0.3) is 0 Å². The number of hydrogen-bond donors (Lipinski definition) is 1. The van der Waals surface area contributed by atoms with Crippen molar-refractivity contribution < 1.29 is 9.84 Å². The second kappa shape index (κ2) is 5.57. The zero-order valence-electron chi connectivity index (χ0n) is 16.0. The molecular weight excluding hydrogens is 312 g/mol. The van der Waals surface area contributed by atoms with Crippen LogP contribution in [0, 0.1) is 5.92 Å². The highest BCUT2D eigenvalue weighted by atomic mass is 16.5. The summed E-state index contributed by atoms with van der Waals surface area (Å²) >= 11 is 0. The molecule has 25 heavy (non-hydrogen) atoms. The number of likely N-dealkylation sites (tertiary alicyclic amines) is 1. The van der Waals surface area contributed by atoms with Crippen molar-refractivity contribution in [2.75, 3.05) is 27.3 Å². The SMILES string of the molecule is COC12C[C@@H](CO)CN(C)[C@@H]1Cc1cn(C(C)(C)C)c3cccc2c13. The third-order valence-electron chi connectivity index (χ3n) is 6.33. The molecule has 2 aromatic rings. The van der Waals surface area contributed by atoms with Crippen LogP contribution < -0.4 is 0 Å². The summed E-state index contributed by atoms with van der Waals surface area (Å²) in [7, 11) is 4.01. The smallest absolute Gasteiger partial charge is 0.110 e. The molecule has 2 heterocycles. The summed E-state index contributed by atoms with van der Waals surface area (Å²) in [6.45, 7) is 7.92. The number of aromatic nitrogens is 1. The Hall–Kier alpha value is -1.36. The summed E-state index contributed by atoms with van der Waals surface area (Å²) in [5, 5.41) is 11.2. The minimum atomic E-state index is -0.336. The van der Waals surface area contributed by atoms with Crippen LogP contribution in [0.5, 0.6) is 0 Å². The van der Waals surface area contributed by atoms with Crippen LogP contribution in [-0.2, 0) is 22.3 Å². The number of benzene rings is 1. The van der Waals surface area contributed by atoms with E-state index >= 15 is 0 Å². The standard InChI is InChI=1S/C21H30N2O2/c1-20(2,3)23-12-15-9-18-21(25-5,10-14(13-24)11-22(18)4)16-7-6-8-17(23)19(15)16/h6-8,12,14,18,24H,9-11,13H2,1-5H3/t14-,18-,21?/m1/s1. The highest BCUT2D eigenvalue weighted by molar-refractivity contribution is 5.90. The molecule has 4 heteroatoms. The van der Waals surface area contributed by atoms with E-state index in [1.807, 2.05) is 7.11 Å². The van der Waals surface area contributed by atoms with Crippen molar-refractivity contribution in [2.45, 2.75) is 50.8 Å². The van der Waals surface area contributed by atoms with Gasteiger partial charge in [-0.3, -0.25) is 4.90 Å². The first-order valence-corrected chi connectivity index (χ1v) is 9.32. The van der Waals surface area contributed by atoms with E-state index in [0.717, 1.165) is 19.4 Å². The number of aliphatic hydroxyl groups excluding tert-OH is 1. The van der Waals surface area contributed by atoms with Gasteiger partial charge < -0.3 is 14.4 Å². The van der Waals surface area contributed by atoms with Crippen molar-refractivity contribution in [3.05, 3.63) is 35.5 Å². The molecule has 4 rings (SSSR count). The van der Waals surface area contributed by atoms with E-state index in [4.69, 9.17) is 4.74 Å². The van der Waals surface area contributed by atoms with Crippen LogP contribution >= 0.6 is 0 Å². The number of likely N-dealkylation sites (N-methyl/N-ethyl adjacent to an activating group) is 1. The zero-order chi connectivity index (χ0) is 18.0. The lowest BCUT2D eigenvalue weighted by molar-refractivity contribution is -0.130. The molecule has 0 saturated carbocycles. The Morgan fingerprint density at radius 1 is 1.32 bits per heavy atom. The highest BCUT2D eigenvalue weighted by Crippen LogP contribution is 2.50. The van der Waals surface area contributed by atoms with Crippen LogP contribution in [0.25, 0.3) is 10.9 Å². The molecule has 1 saturated heterocycles. The third-order valence-corrected chi connectivity index (χ3v) is 6.33. The van der Waals surface area contributed by atoms with Crippen LogP contribution in [0.15, 0.2) is 24.4 Å². The lowest BCUT2D eigenvalue weighted by atomic mass is 9.69. The molecular formula is C21H30N2O2. The number of aliphatic hydroxyl groups is 1. The summed E-state index contributed by atoms with van der Waals surface area (Å²) in [5.41, 5.74) is 3.73. The molecule has 1 aliphatic carbocycles. The van der Waals surface area contributed by atoms with Crippen molar-refractivity contribution in [3.8, 4) is 0 Å². The molecule has 1 N–H and O–H groups in total. The Bertz CT molecular complexity index is 804. The van der Waals surface area contributed by atoms with E-state index in [2.05, 4.69) is 61.7 Å². The molecule has 0 amide bonds. The minimum Gasteiger partial charge on any atom is -0.396 e. The predicted molar refractivity (Wildman–Crippen MR) is 101 cm³/mol. The van der Waals surface area contributed by atoms with Gasteiger partial charge in [0.1, 0.15) is 5.60 Å². The zero-order valence-corrected chi connectivity index (χ0v) is 16.0. The highest BCUT2D eigenvalue weighted by Gasteiger charge is 2.51. The van der Waals surface area contributed by atoms with Crippen molar-refractivity contribution in [1.82, 2.24) is 9.47 Å². The van der Waals surface area contributed by atoms with Crippen LogP contribution in [0.4, 0.5) is 0 Å². The molecule has 136 valence electrons. The fourth-order valence-corrected chi connectivity index (χ4v) is 5.22. The Balaban J connectivity index is 1.99. The number of fused-ring (bicyclic) bond motifs is 2. The summed E-state index contributed by atoms with van der Waals surface area (Å²) in [4.78, 5) is 2.39. The van der Waals surface area contributed by atoms with Gasteiger partial charge in [0.2, 0.25) is 0 Å². The molecule has 3 atom stereocenters. The molecule has 1 aromatic carbocycles. The Morgan fingerprint density at radius 3 is 2.72 bits per heavy atom. The summed E-state index contributed by atoms with van der Waals surface area (Å²) in [6, 6.07) is 6.94. The molecule has 0 bridgehead atoms. The summed E-state index contributed by atoms with van der Waals surface area (Å²) < 4.78 is 8.67. The number of ether oxygens (including phenoxy) is 1. The summed E-state index contributed by atoms with van der Waals surface area (Å²) in [6.07, 6.45) is 4.23. The lowest BCUT2D eigenvalue weighted by Gasteiger charge is -2.52. The maximum Gasteiger partial charge on any atom is 0.110 e. The van der Waals surface area contributed by atoms with E-state index in [1.165, 1.54) is 22.0 Å². The topological polar surface area (TPSA) is 37.6 Å². The Morgan fingerprint density at radius 2 is 2.08 bits per heavy atom. The number of nitrogens with zero attached hydrogens (tertiary/aromatic N) is 2. The van der Waals surface area contributed by atoms with Gasteiger partial charge in [-0.25, -0.2) is 0 Å². The van der Waals surface area contributed by atoms with Gasteiger partial charge in [0.15, 0.2) is 0 Å². The molecule has 1 fully saturated rings. The minimum absolute atomic E-state index is 0.0460. The van der Waals surface area contributed by atoms with Crippen molar-refractivity contribution >= 4 is 10.9 Å². The van der Waals surface area contributed by atoms with E-state index in [-0.39, 0.29) is 23.7 Å². The van der Waals surface area contributed by atoms with E-state index in [1.54, 1.807) is 0 Å². The van der Waals surface area contributed by atoms with E-state index in [0.29, 0.717) is 6.04 Å². The van der Waals surface area contributed by atoms with Gasteiger partial charge in [0.05, 0.1) is 0 Å². The lowest BCUT2D eigenvalue weighted by Crippen LogP contribution is -2.59. The number of piperidine rings is 1. The first-order valence-electron chi connectivity index (χ1n) is 9.32. The maximum absolute atomic E-state index is 9.82. The first kappa shape index (κ1) is 17.1. The summed E-state index contributed by atoms with van der Waals surface area (Å²) in [5.74, 6) is 0.253. The average molecular weight is 342 g/mol. The van der Waals surface area contributed by atoms with Gasteiger partial charge in [-0.1, -0.05) is 12.1 Å². The van der Waals surface area contributed by atoms with E-state index < -0.39 is 0 Å². The number of methoxy groups -OCH3 is 1. The van der Waals surface area contributed by atoms with Crippen LogP contribution in [-0.4, -0.2) is 47.9 Å².